The third-order valence-corrected chi connectivity index (χ3v) is 4.59. The molecular formula is C17H20N6O3. The molecule has 26 heavy (non-hydrogen) atoms. The van der Waals surface area contributed by atoms with Crippen molar-refractivity contribution in [3.8, 4) is 0 Å². The van der Waals surface area contributed by atoms with Crippen LogP contribution >= 0.6 is 0 Å². The van der Waals surface area contributed by atoms with E-state index in [0.717, 1.165) is 10.3 Å². The normalized spacial score (nSPS) is 11.2. The minimum absolute atomic E-state index is 0.126. The first kappa shape index (κ1) is 17.6. The zero-order valence-corrected chi connectivity index (χ0v) is 15.5. The fraction of sp³-hybridized carbons (Fsp3) is 0.353. The number of carbonyl (C=O) groups excluding carboxylic acids is 1. The van der Waals surface area contributed by atoms with Crippen LogP contribution in [-0.2, 0) is 21.1 Å². The Morgan fingerprint density at radius 3 is 2.31 bits per heavy atom. The molecule has 9 heteroatoms. The first-order valence-electron chi connectivity index (χ1n) is 8.02. The van der Waals surface area contributed by atoms with Crippen LogP contribution in [0.5, 0.6) is 0 Å². The molecule has 0 bridgehead atoms. The lowest BCUT2D eigenvalue weighted by Crippen LogP contribution is -2.38. The molecule has 0 saturated carbocycles. The number of aromatic nitrogens is 5. The molecule has 1 amide bonds. The maximum absolute atomic E-state index is 12.7. The van der Waals surface area contributed by atoms with Gasteiger partial charge in [0.1, 0.15) is 11.3 Å². The van der Waals surface area contributed by atoms with E-state index < -0.39 is 17.2 Å². The molecule has 136 valence electrons. The fourth-order valence-corrected chi connectivity index (χ4v) is 2.98. The molecule has 9 nitrogen and oxygen atoms in total. The molecule has 1 N–H and O–H groups in total. The van der Waals surface area contributed by atoms with E-state index in [-0.39, 0.29) is 11.3 Å². The van der Waals surface area contributed by atoms with E-state index in [1.807, 2.05) is 6.92 Å². The van der Waals surface area contributed by atoms with Crippen LogP contribution in [0.3, 0.4) is 0 Å². The number of pyridine rings is 1. The molecule has 0 aliphatic carbocycles. The van der Waals surface area contributed by atoms with E-state index in [9.17, 15) is 14.4 Å². The maximum atomic E-state index is 12.7. The highest BCUT2D eigenvalue weighted by Gasteiger charge is 2.19. The minimum Gasteiger partial charge on any atom is -0.317 e. The molecule has 3 aromatic heterocycles. The Hall–Kier alpha value is -3.23. The van der Waals surface area contributed by atoms with E-state index in [1.165, 1.54) is 18.7 Å². The van der Waals surface area contributed by atoms with Crippen molar-refractivity contribution in [2.24, 2.45) is 21.1 Å². The van der Waals surface area contributed by atoms with Gasteiger partial charge in [-0.2, -0.15) is 5.10 Å². The Kier molecular flexibility index (Phi) is 4.02. The quantitative estimate of drug-likeness (QED) is 0.722. The van der Waals surface area contributed by atoms with Gasteiger partial charge in [-0.15, -0.1) is 0 Å². The topological polar surface area (TPSA) is 104 Å². The number of anilines is 1. The van der Waals surface area contributed by atoms with Crippen LogP contribution in [0.4, 0.5) is 5.69 Å². The largest absolute Gasteiger partial charge is 0.332 e. The van der Waals surface area contributed by atoms with Crippen LogP contribution < -0.4 is 16.6 Å². The molecule has 0 spiro atoms. The highest BCUT2D eigenvalue weighted by molar-refractivity contribution is 6.04. The van der Waals surface area contributed by atoms with Gasteiger partial charge in [0.25, 0.3) is 11.5 Å². The molecule has 0 fully saturated rings. The predicted molar refractivity (Wildman–Crippen MR) is 97.6 cm³/mol. The molecule has 0 aliphatic heterocycles. The van der Waals surface area contributed by atoms with Gasteiger partial charge in [0.15, 0.2) is 0 Å². The summed E-state index contributed by atoms with van der Waals surface area (Å²) < 4.78 is 3.97. The lowest BCUT2D eigenvalue weighted by Gasteiger charge is -2.11. The molecule has 3 rings (SSSR count). The summed E-state index contributed by atoms with van der Waals surface area (Å²) in [6.45, 7) is 5.37. The molecular weight excluding hydrogens is 336 g/mol. The summed E-state index contributed by atoms with van der Waals surface area (Å²) >= 11 is 0. The number of fused-ring (bicyclic) bond motifs is 1. The molecule has 0 aromatic carbocycles. The van der Waals surface area contributed by atoms with Crippen molar-refractivity contribution < 1.29 is 4.79 Å². The van der Waals surface area contributed by atoms with Crippen molar-refractivity contribution in [1.29, 1.82) is 0 Å². The van der Waals surface area contributed by atoms with Gasteiger partial charge in [-0.05, 0) is 32.4 Å². The Morgan fingerprint density at radius 1 is 1.08 bits per heavy atom. The molecule has 0 unspecified atom stereocenters. The van der Waals surface area contributed by atoms with Crippen LogP contribution in [0.2, 0.25) is 0 Å². The first-order chi connectivity index (χ1) is 12.1. The number of hydrogen-bond acceptors (Lipinski definition) is 5. The van der Waals surface area contributed by atoms with Gasteiger partial charge in [-0.25, -0.2) is 9.78 Å². The number of nitrogens with zero attached hydrogens (tertiary/aromatic N) is 5. The first-order valence-corrected chi connectivity index (χ1v) is 8.02. The van der Waals surface area contributed by atoms with Crippen LogP contribution in [0.15, 0.2) is 15.7 Å². The third kappa shape index (κ3) is 2.52. The van der Waals surface area contributed by atoms with Crippen molar-refractivity contribution in [2.45, 2.75) is 20.8 Å². The number of amides is 1. The summed E-state index contributed by atoms with van der Waals surface area (Å²) in [5, 5.41) is 7.40. The summed E-state index contributed by atoms with van der Waals surface area (Å²) in [7, 11) is 4.73. The molecule has 0 atom stereocenters. The minimum atomic E-state index is -0.495. The van der Waals surface area contributed by atoms with Gasteiger partial charge in [-0.1, -0.05) is 0 Å². The second-order valence-corrected chi connectivity index (χ2v) is 6.35. The molecule has 3 aromatic rings. The van der Waals surface area contributed by atoms with Crippen LogP contribution in [0, 0.1) is 20.8 Å². The number of aryl methyl sites for hydroxylation is 4. The van der Waals surface area contributed by atoms with Crippen LogP contribution in [-0.4, -0.2) is 29.8 Å². The van der Waals surface area contributed by atoms with E-state index >= 15 is 0 Å². The Morgan fingerprint density at radius 2 is 1.73 bits per heavy atom. The summed E-state index contributed by atoms with van der Waals surface area (Å²) in [5.74, 6) is -0.428. The van der Waals surface area contributed by atoms with Crippen molar-refractivity contribution >= 4 is 22.6 Å². The Balaban J connectivity index is 2.16. The van der Waals surface area contributed by atoms with E-state index in [4.69, 9.17) is 0 Å². The predicted octanol–water partition coefficient (Wildman–Crippen LogP) is 0.543. The summed E-state index contributed by atoms with van der Waals surface area (Å²) in [4.78, 5) is 41.5. The third-order valence-electron chi connectivity index (χ3n) is 4.59. The SMILES string of the molecule is Cc1nn(C)c(C)c1NC(=O)c1cc(C)c2c(=O)n(C)c(=O)n(C)c2n1. The maximum Gasteiger partial charge on any atom is 0.332 e. The zero-order chi connectivity index (χ0) is 19.3. The highest BCUT2D eigenvalue weighted by Crippen LogP contribution is 2.20. The van der Waals surface area contributed by atoms with Gasteiger partial charge < -0.3 is 5.32 Å². The summed E-state index contributed by atoms with van der Waals surface area (Å²) in [6.07, 6.45) is 0. The van der Waals surface area contributed by atoms with Gasteiger partial charge in [0.2, 0.25) is 0 Å². The standard InChI is InChI=1S/C17H20N6O3/c1-8-7-11(15(24)19-13-9(2)20-23(6)10(13)3)18-14-12(8)16(25)22(5)17(26)21(14)4/h7H,1-6H3,(H,19,24). The van der Waals surface area contributed by atoms with Crippen molar-refractivity contribution in [2.75, 3.05) is 5.32 Å². The molecule has 0 saturated heterocycles. The molecule has 3 heterocycles. The van der Waals surface area contributed by atoms with E-state index in [0.29, 0.717) is 22.3 Å². The number of carbonyl (C=O) groups is 1. The monoisotopic (exact) mass is 356 g/mol. The second kappa shape index (κ2) is 5.94. The number of hydrogen-bond donors (Lipinski definition) is 1. The second-order valence-electron chi connectivity index (χ2n) is 6.35. The Labute approximate surface area is 148 Å². The average Bonchev–Trinajstić information content (AvgIpc) is 2.83. The molecule has 0 radical (unpaired) electrons. The number of nitrogens with one attached hydrogen (secondary N) is 1. The lowest BCUT2D eigenvalue weighted by atomic mass is 10.1. The van der Waals surface area contributed by atoms with Crippen LogP contribution in [0.25, 0.3) is 11.0 Å². The average molecular weight is 356 g/mol. The lowest BCUT2D eigenvalue weighted by molar-refractivity contribution is 0.102. The van der Waals surface area contributed by atoms with Crippen molar-refractivity contribution in [1.82, 2.24) is 23.9 Å². The van der Waals surface area contributed by atoms with Crippen molar-refractivity contribution in [3.63, 3.8) is 0 Å². The molecule has 0 aliphatic rings. The fourth-order valence-electron chi connectivity index (χ4n) is 2.98. The Bertz CT molecular complexity index is 1180. The van der Waals surface area contributed by atoms with Gasteiger partial charge >= 0.3 is 5.69 Å². The summed E-state index contributed by atoms with van der Waals surface area (Å²) in [6, 6.07) is 1.55. The van der Waals surface area contributed by atoms with Gasteiger partial charge in [0.05, 0.1) is 22.5 Å². The van der Waals surface area contributed by atoms with Crippen LogP contribution in [0.1, 0.15) is 27.4 Å². The highest BCUT2D eigenvalue weighted by atomic mass is 16.2. The van der Waals surface area contributed by atoms with Gasteiger partial charge in [-0.3, -0.25) is 23.4 Å². The summed E-state index contributed by atoms with van der Waals surface area (Å²) in [5.41, 5.74) is 2.09. The van der Waals surface area contributed by atoms with Gasteiger partial charge in [0, 0.05) is 21.1 Å². The van der Waals surface area contributed by atoms with E-state index in [1.54, 1.807) is 31.6 Å². The number of rotatable bonds is 2. The zero-order valence-electron chi connectivity index (χ0n) is 15.5. The smallest absolute Gasteiger partial charge is 0.317 e. The van der Waals surface area contributed by atoms with Crippen molar-refractivity contribution in [3.05, 3.63) is 49.5 Å². The van der Waals surface area contributed by atoms with E-state index in [2.05, 4.69) is 15.4 Å².